The fourth-order valence-corrected chi connectivity index (χ4v) is 7.13. The summed E-state index contributed by atoms with van der Waals surface area (Å²) in [6.45, 7) is 4.46. The minimum Gasteiger partial charge on any atom is -0.0761 e. The topological polar surface area (TPSA) is 0 Å². The van der Waals surface area contributed by atoms with Crippen molar-refractivity contribution in [3.05, 3.63) is 174 Å². The predicted molar refractivity (Wildman–Crippen MR) is 190 cm³/mol. The summed E-state index contributed by atoms with van der Waals surface area (Å²) in [6.07, 6.45) is 8.15. The van der Waals surface area contributed by atoms with Crippen LogP contribution < -0.4 is 0 Å². The Kier molecular flexibility index (Phi) is 6.50. The highest BCUT2D eigenvalue weighted by Gasteiger charge is 2.16. The van der Waals surface area contributed by atoms with Crippen molar-refractivity contribution in [2.24, 2.45) is 0 Å². The Bertz CT molecular complexity index is 2280. The summed E-state index contributed by atoms with van der Waals surface area (Å²) in [5, 5.41) is 7.82. The Labute approximate surface area is 259 Å². The van der Waals surface area contributed by atoms with Gasteiger partial charge in [-0.15, -0.1) is 0 Å². The average molecular weight is 563 g/mol. The van der Waals surface area contributed by atoms with E-state index in [1.165, 1.54) is 82.4 Å². The largest absolute Gasteiger partial charge is 0.0761 e. The van der Waals surface area contributed by atoms with Crippen LogP contribution in [-0.4, -0.2) is 0 Å². The lowest BCUT2D eigenvalue weighted by molar-refractivity contribution is 0.857. The van der Waals surface area contributed by atoms with Crippen molar-refractivity contribution in [1.29, 1.82) is 0 Å². The van der Waals surface area contributed by atoms with Crippen molar-refractivity contribution < 1.29 is 0 Å². The summed E-state index contributed by atoms with van der Waals surface area (Å²) in [4.78, 5) is 0. The third-order valence-corrected chi connectivity index (χ3v) is 9.57. The normalized spacial score (nSPS) is 14.8. The van der Waals surface area contributed by atoms with E-state index in [9.17, 15) is 0 Å². The van der Waals surface area contributed by atoms with Crippen LogP contribution in [0.2, 0.25) is 0 Å². The zero-order valence-electron chi connectivity index (χ0n) is 25.2. The first-order valence-corrected chi connectivity index (χ1v) is 15.6. The molecule has 0 spiro atoms. The Morgan fingerprint density at radius 2 is 1.18 bits per heavy atom. The SMILES string of the molecule is Cc1ccccc1-c1cccc(C2=CCC(c3cccc(-c4ccc5ccc6c7ccccc7ccc6c5c4)c3)C=C2)c1C. The van der Waals surface area contributed by atoms with Gasteiger partial charge in [0.05, 0.1) is 0 Å². The first kappa shape index (κ1) is 26.4. The van der Waals surface area contributed by atoms with E-state index in [0.29, 0.717) is 5.92 Å². The van der Waals surface area contributed by atoms with Gasteiger partial charge in [-0.05, 0) is 109 Å². The number of fused-ring (bicyclic) bond motifs is 5. The van der Waals surface area contributed by atoms with Gasteiger partial charge < -0.3 is 0 Å². The second-order valence-corrected chi connectivity index (χ2v) is 12.2. The third-order valence-electron chi connectivity index (χ3n) is 9.57. The van der Waals surface area contributed by atoms with Crippen LogP contribution in [0.5, 0.6) is 0 Å². The molecule has 7 aromatic carbocycles. The lowest BCUT2D eigenvalue weighted by atomic mass is 9.84. The molecule has 0 saturated carbocycles. The van der Waals surface area contributed by atoms with Gasteiger partial charge in [-0.1, -0.05) is 146 Å². The molecule has 0 bridgehead atoms. The minimum atomic E-state index is 0.367. The van der Waals surface area contributed by atoms with Crippen molar-refractivity contribution in [1.82, 2.24) is 0 Å². The zero-order valence-corrected chi connectivity index (χ0v) is 25.2. The Morgan fingerprint density at radius 1 is 0.500 bits per heavy atom. The van der Waals surface area contributed by atoms with Gasteiger partial charge >= 0.3 is 0 Å². The highest BCUT2D eigenvalue weighted by molar-refractivity contribution is 6.17. The van der Waals surface area contributed by atoms with E-state index in [0.717, 1.165) is 6.42 Å². The fourth-order valence-electron chi connectivity index (χ4n) is 7.13. The Balaban J connectivity index is 1.10. The molecule has 210 valence electrons. The lowest BCUT2D eigenvalue weighted by Gasteiger charge is -2.20. The molecule has 0 aromatic heterocycles. The first-order valence-electron chi connectivity index (χ1n) is 15.6. The van der Waals surface area contributed by atoms with Crippen molar-refractivity contribution >= 4 is 37.9 Å². The average Bonchev–Trinajstić information content (AvgIpc) is 3.08. The molecule has 1 aliphatic carbocycles. The molecule has 1 atom stereocenters. The molecule has 44 heavy (non-hydrogen) atoms. The molecule has 1 unspecified atom stereocenters. The van der Waals surface area contributed by atoms with Gasteiger partial charge in [-0.3, -0.25) is 0 Å². The fraction of sp³-hybridized carbons (Fsp3) is 0.0909. The van der Waals surface area contributed by atoms with E-state index in [2.05, 4.69) is 166 Å². The van der Waals surface area contributed by atoms with Gasteiger partial charge in [0.2, 0.25) is 0 Å². The molecule has 0 N–H and O–H groups in total. The summed E-state index contributed by atoms with van der Waals surface area (Å²) in [5.41, 5.74) is 11.8. The van der Waals surface area contributed by atoms with Gasteiger partial charge in [0.15, 0.2) is 0 Å². The van der Waals surface area contributed by atoms with E-state index in [-0.39, 0.29) is 0 Å². The van der Waals surface area contributed by atoms with E-state index in [1.807, 2.05) is 0 Å². The van der Waals surface area contributed by atoms with Crippen molar-refractivity contribution in [2.45, 2.75) is 26.2 Å². The van der Waals surface area contributed by atoms with Gasteiger partial charge in [0.1, 0.15) is 0 Å². The summed E-state index contributed by atoms with van der Waals surface area (Å²) < 4.78 is 0. The summed E-state index contributed by atoms with van der Waals surface area (Å²) >= 11 is 0. The van der Waals surface area contributed by atoms with Crippen LogP contribution in [0.15, 0.2) is 152 Å². The molecule has 0 nitrogen and oxygen atoms in total. The Hall–Kier alpha value is -5.20. The molecule has 0 saturated heterocycles. The second-order valence-electron chi connectivity index (χ2n) is 12.2. The number of aryl methyl sites for hydroxylation is 1. The van der Waals surface area contributed by atoms with Crippen LogP contribution in [-0.2, 0) is 0 Å². The molecule has 1 aliphatic rings. The van der Waals surface area contributed by atoms with Crippen molar-refractivity contribution in [3.8, 4) is 22.3 Å². The van der Waals surface area contributed by atoms with Gasteiger partial charge in [0.25, 0.3) is 0 Å². The molecule has 0 fully saturated rings. The van der Waals surface area contributed by atoms with Crippen LogP contribution >= 0.6 is 0 Å². The van der Waals surface area contributed by atoms with Crippen LogP contribution in [0, 0.1) is 13.8 Å². The number of hydrogen-bond donors (Lipinski definition) is 0. The number of rotatable bonds is 4. The number of allylic oxidation sites excluding steroid dienone is 4. The highest BCUT2D eigenvalue weighted by Crippen LogP contribution is 2.38. The molecule has 7 aromatic rings. The molecule has 0 amide bonds. The summed E-state index contributed by atoms with van der Waals surface area (Å²) in [7, 11) is 0. The van der Waals surface area contributed by atoms with E-state index in [4.69, 9.17) is 0 Å². The smallest absolute Gasteiger partial charge is 0.00563 e. The minimum absolute atomic E-state index is 0.367. The standard InChI is InChI=1S/C44H34/c1-29-9-3-5-13-38(29)40-16-8-15-39(30(40)2)33-19-17-31(18-20-33)35-11-7-12-36(27-35)37-22-21-34-24-25-42-41-14-6-4-10-32(41)23-26-43(42)44(34)28-37/h3-17,19-28,31H,18H2,1-2H3. The van der Waals surface area contributed by atoms with Gasteiger partial charge in [0, 0.05) is 5.92 Å². The zero-order chi connectivity index (χ0) is 29.6. The maximum atomic E-state index is 2.42. The molecular formula is C44H34. The quantitative estimate of drug-likeness (QED) is 0.187. The molecule has 0 heteroatoms. The van der Waals surface area contributed by atoms with E-state index in [1.54, 1.807) is 0 Å². The van der Waals surface area contributed by atoms with Crippen molar-refractivity contribution in [2.75, 3.05) is 0 Å². The van der Waals surface area contributed by atoms with E-state index < -0.39 is 0 Å². The molecule has 0 aliphatic heterocycles. The van der Waals surface area contributed by atoms with Gasteiger partial charge in [-0.25, -0.2) is 0 Å². The molecule has 8 rings (SSSR count). The summed E-state index contributed by atoms with van der Waals surface area (Å²) in [6, 6.07) is 49.2. The molecule has 0 radical (unpaired) electrons. The molecule has 0 heterocycles. The Morgan fingerprint density at radius 3 is 2.02 bits per heavy atom. The number of hydrogen-bond acceptors (Lipinski definition) is 0. The predicted octanol–water partition coefficient (Wildman–Crippen LogP) is 12.2. The highest BCUT2D eigenvalue weighted by atomic mass is 14.2. The lowest BCUT2D eigenvalue weighted by Crippen LogP contribution is -2.00. The maximum absolute atomic E-state index is 2.42. The third kappa shape index (κ3) is 4.55. The maximum Gasteiger partial charge on any atom is 0.00563 e. The van der Waals surface area contributed by atoms with Gasteiger partial charge in [-0.2, -0.15) is 0 Å². The van der Waals surface area contributed by atoms with Crippen LogP contribution in [0.3, 0.4) is 0 Å². The summed E-state index contributed by atoms with van der Waals surface area (Å²) in [5.74, 6) is 0.367. The van der Waals surface area contributed by atoms with Crippen LogP contribution in [0.25, 0.3) is 60.1 Å². The number of benzene rings is 7. The van der Waals surface area contributed by atoms with Crippen LogP contribution in [0.1, 0.15) is 34.6 Å². The second kappa shape index (κ2) is 10.8. The van der Waals surface area contributed by atoms with Crippen LogP contribution in [0.4, 0.5) is 0 Å². The first-order chi connectivity index (χ1) is 21.6. The molecular weight excluding hydrogens is 528 g/mol. The van der Waals surface area contributed by atoms with Crippen molar-refractivity contribution in [3.63, 3.8) is 0 Å². The van der Waals surface area contributed by atoms with E-state index >= 15 is 0 Å². The monoisotopic (exact) mass is 562 g/mol.